The Balaban J connectivity index is 1.75. The summed E-state index contributed by atoms with van der Waals surface area (Å²) >= 11 is 0. The number of rotatable bonds is 2. The quantitative estimate of drug-likeness (QED) is 0.734. The maximum absolute atomic E-state index is 13.2. The molecule has 114 valence electrons. The van der Waals surface area contributed by atoms with Gasteiger partial charge in [0.25, 0.3) is 5.96 Å². The molecule has 2 heterocycles. The summed E-state index contributed by atoms with van der Waals surface area (Å²) < 4.78 is 14.5. The summed E-state index contributed by atoms with van der Waals surface area (Å²) in [5.74, 6) is 0.736. The summed E-state index contributed by atoms with van der Waals surface area (Å²) in [5, 5.41) is 7.50. The van der Waals surface area contributed by atoms with Crippen LogP contribution in [-0.2, 0) is 0 Å². The standard InChI is InChI=1S/C12H19FN8/c13-8-6-16-12(18-9(8)14)21-10(15)19-11(20-21)17-7-4-2-1-3-5-7/h6-9H,1-5,14H2,(H3,15,17,19,20). The molecule has 2 unspecified atom stereocenters. The van der Waals surface area contributed by atoms with Crippen LogP contribution in [0.1, 0.15) is 32.1 Å². The second kappa shape index (κ2) is 5.76. The number of nitrogen functional groups attached to an aromatic ring is 1. The van der Waals surface area contributed by atoms with Gasteiger partial charge in [-0.15, -0.1) is 5.10 Å². The van der Waals surface area contributed by atoms with Gasteiger partial charge in [-0.25, -0.2) is 14.4 Å². The van der Waals surface area contributed by atoms with E-state index in [1.807, 2.05) is 0 Å². The average molecular weight is 294 g/mol. The molecule has 1 aromatic rings. The summed E-state index contributed by atoms with van der Waals surface area (Å²) in [6.45, 7) is 0. The van der Waals surface area contributed by atoms with E-state index in [9.17, 15) is 4.39 Å². The number of nitrogens with two attached hydrogens (primary N) is 2. The number of aromatic nitrogens is 3. The zero-order chi connectivity index (χ0) is 14.8. The average Bonchev–Trinajstić information content (AvgIpc) is 2.84. The van der Waals surface area contributed by atoms with Gasteiger partial charge in [0.2, 0.25) is 11.9 Å². The topological polar surface area (TPSA) is 119 Å². The number of nitrogens with one attached hydrogen (secondary N) is 1. The summed E-state index contributed by atoms with van der Waals surface area (Å²) in [5.41, 5.74) is 11.4. The predicted octanol–water partition coefficient (Wildman–Crippen LogP) is 0.516. The number of halogens is 1. The lowest BCUT2D eigenvalue weighted by atomic mass is 9.96. The molecule has 1 aliphatic heterocycles. The van der Waals surface area contributed by atoms with E-state index in [4.69, 9.17) is 11.5 Å². The van der Waals surface area contributed by atoms with Crippen molar-refractivity contribution in [2.45, 2.75) is 50.5 Å². The first-order valence-corrected chi connectivity index (χ1v) is 7.14. The monoisotopic (exact) mass is 294 g/mol. The first-order chi connectivity index (χ1) is 10.1. The highest BCUT2D eigenvalue weighted by atomic mass is 19.1. The van der Waals surface area contributed by atoms with Crippen LogP contribution < -0.4 is 16.8 Å². The van der Waals surface area contributed by atoms with E-state index in [0.717, 1.165) is 19.1 Å². The molecule has 8 nitrogen and oxygen atoms in total. The molecule has 21 heavy (non-hydrogen) atoms. The molecule has 1 saturated carbocycles. The maximum Gasteiger partial charge on any atom is 0.250 e. The van der Waals surface area contributed by atoms with Crippen LogP contribution in [0.5, 0.6) is 0 Å². The minimum atomic E-state index is -1.39. The van der Waals surface area contributed by atoms with Gasteiger partial charge in [0.1, 0.15) is 6.17 Å². The Morgan fingerprint density at radius 2 is 2.05 bits per heavy atom. The van der Waals surface area contributed by atoms with E-state index in [0.29, 0.717) is 12.0 Å². The molecule has 0 radical (unpaired) electrons. The Labute approximate surface area is 121 Å². The summed E-state index contributed by atoms with van der Waals surface area (Å²) in [6, 6.07) is 0.364. The lowest BCUT2D eigenvalue weighted by Crippen LogP contribution is -2.36. The van der Waals surface area contributed by atoms with Gasteiger partial charge in [0.15, 0.2) is 6.17 Å². The Morgan fingerprint density at radius 3 is 2.76 bits per heavy atom. The van der Waals surface area contributed by atoms with Gasteiger partial charge in [0, 0.05) is 12.3 Å². The molecule has 3 rings (SSSR count). The summed E-state index contributed by atoms with van der Waals surface area (Å²) in [7, 11) is 0. The van der Waals surface area contributed by atoms with Crippen LogP contribution in [-0.4, -0.2) is 45.3 Å². The van der Waals surface area contributed by atoms with Crippen LogP contribution >= 0.6 is 0 Å². The highest BCUT2D eigenvalue weighted by molar-refractivity contribution is 5.93. The van der Waals surface area contributed by atoms with Crippen LogP contribution in [0.2, 0.25) is 0 Å². The molecule has 0 spiro atoms. The van der Waals surface area contributed by atoms with Crippen LogP contribution in [0, 0.1) is 0 Å². The molecule has 0 saturated heterocycles. The van der Waals surface area contributed by atoms with Crippen molar-refractivity contribution in [3.63, 3.8) is 0 Å². The first-order valence-electron chi connectivity index (χ1n) is 7.14. The zero-order valence-electron chi connectivity index (χ0n) is 11.6. The number of hydrogen-bond acceptors (Lipinski definition) is 7. The van der Waals surface area contributed by atoms with Gasteiger partial charge >= 0.3 is 0 Å². The third-order valence-electron chi connectivity index (χ3n) is 3.68. The number of nitrogens with zero attached hydrogens (tertiary/aromatic N) is 5. The molecule has 2 atom stereocenters. The van der Waals surface area contributed by atoms with Gasteiger partial charge in [-0.3, -0.25) is 0 Å². The van der Waals surface area contributed by atoms with E-state index in [1.54, 1.807) is 0 Å². The minimum Gasteiger partial charge on any atom is -0.368 e. The fourth-order valence-electron chi connectivity index (χ4n) is 2.54. The molecule has 1 aromatic heterocycles. The fourth-order valence-corrected chi connectivity index (χ4v) is 2.54. The van der Waals surface area contributed by atoms with Crippen LogP contribution in [0.3, 0.4) is 0 Å². The van der Waals surface area contributed by atoms with Crippen molar-refractivity contribution < 1.29 is 4.39 Å². The Hall–Kier alpha value is -2.03. The van der Waals surface area contributed by atoms with Crippen molar-refractivity contribution in [1.82, 2.24) is 14.8 Å². The maximum atomic E-state index is 13.2. The van der Waals surface area contributed by atoms with E-state index >= 15 is 0 Å². The smallest absolute Gasteiger partial charge is 0.250 e. The van der Waals surface area contributed by atoms with Crippen molar-refractivity contribution in [3.8, 4) is 0 Å². The zero-order valence-corrected chi connectivity index (χ0v) is 11.6. The summed E-state index contributed by atoms with van der Waals surface area (Å²) in [4.78, 5) is 12.0. The van der Waals surface area contributed by atoms with Gasteiger partial charge in [-0.2, -0.15) is 9.67 Å². The number of alkyl halides is 1. The minimum absolute atomic E-state index is 0.147. The SMILES string of the molecule is Nc1nc(NC2CCCCC2)nn1C1=NC(N)C(F)C=N1. The number of aliphatic imine (C=N–C) groups is 2. The molecule has 1 fully saturated rings. The molecule has 1 aliphatic carbocycles. The lowest BCUT2D eigenvalue weighted by molar-refractivity contribution is 0.370. The highest BCUT2D eigenvalue weighted by Gasteiger charge is 2.22. The Kier molecular flexibility index (Phi) is 3.82. The second-order valence-electron chi connectivity index (χ2n) is 5.33. The first kappa shape index (κ1) is 13.9. The number of hydrogen-bond donors (Lipinski definition) is 3. The molecule has 0 aromatic carbocycles. The molecule has 0 amide bonds. The molecular formula is C12H19FN8. The Bertz CT molecular complexity index is 560. The van der Waals surface area contributed by atoms with Crippen molar-refractivity contribution in [3.05, 3.63) is 0 Å². The van der Waals surface area contributed by atoms with E-state index in [-0.39, 0.29) is 11.9 Å². The van der Waals surface area contributed by atoms with Gasteiger partial charge < -0.3 is 16.8 Å². The fraction of sp³-hybridized carbons (Fsp3) is 0.667. The molecule has 9 heteroatoms. The van der Waals surface area contributed by atoms with Crippen molar-refractivity contribution in [1.29, 1.82) is 0 Å². The number of anilines is 2. The lowest BCUT2D eigenvalue weighted by Gasteiger charge is -2.21. The van der Waals surface area contributed by atoms with E-state index in [1.165, 1.54) is 23.9 Å². The van der Waals surface area contributed by atoms with Crippen LogP contribution in [0.4, 0.5) is 16.3 Å². The second-order valence-corrected chi connectivity index (χ2v) is 5.33. The highest BCUT2D eigenvalue weighted by Crippen LogP contribution is 2.20. The molecular weight excluding hydrogens is 275 g/mol. The van der Waals surface area contributed by atoms with Crippen molar-refractivity contribution in [2.24, 2.45) is 15.7 Å². The van der Waals surface area contributed by atoms with Crippen molar-refractivity contribution in [2.75, 3.05) is 11.1 Å². The molecule has 0 bridgehead atoms. The predicted molar refractivity (Wildman–Crippen MR) is 79.1 cm³/mol. The summed E-state index contributed by atoms with van der Waals surface area (Å²) in [6.07, 6.45) is 4.60. The van der Waals surface area contributed by atoms with Gasteiger partial charge in [-0.1, -0.05) is 19.3 Å². The van der Waals surface area contributed by atoms with Gasteiger partial charge in [0.05, 0.1) is 0 Å². The van der Waals surface area contributed by atoms with Crippen molar-refractivity contribution >= 4 is 24.1 Å². The molecule has 2 aliphatic rings. The normalized spacial score (nSPS) is 26.7. The largest absolute Gasteiger partial charge is 0.368 e. The van der Waals surface area contributed by atoms with Gasteiger partial charge in [-0.05, 0) is 12.8 Å². The third kappa shape index (κ3) is 3.02. The van der Waals surface area contributed by atoms with E-state index < -0.39 is 12.3 Å². The van der Waals surface area contributed by atoms with E-state index in [2.05, 4.69) is 25.4 Å². The Morgan fingerprint density at radius 1 is 1.29 bits per heavy atom. The third-order valence-corrected chi connectivity index (χ3v) is 3.68. The molecule has 5 N–H and O–H groups in total. The van der Waals surface area contributed by atoms with Crippen LogP contribution in [0.15, 0.2) is 9.98 Å². The van der Waals surface area contributed by atoms with Crippen LogP contribution in [0.25, 0.3) is 0 Å².